The van der Waals surface area contributed by atoms with Gasteiger partial charge in [-0.25, -0.2) is 0 Å². The molecule has 3 heterocycles. The molecular formula is C25H23N5O5S. The third kappa shape index (κ3) is 4.57. The summed E-state index contributed by atoms with van der Waals surface area (Å²) in [6, 6.07) is 14.0. The number of amides is 4. The summed E-state index contributed by atoms with van der Waals surface area (Å²) in [5.41, 5.74) is 1.58. The second-order valence-corrected chi connectivity index (χ2v) is 9.52. The lowest BCUT2D eigenvalue weighted by Crippen LogP contribution is -2.31. The lowest BCUT2D eigenvalue weighted by molar-refractivity contribution is -0.117. The molecule has 36 heavy (non-hydrogen) atoms. The first-order valence-electron chi connectivity index (χ1n) is 11.5. The summed E-state index contributed by atoms with van der Waals surface area (Å²) < 4.78 is 5.17. The van der Waals surface area contributed by atoms with Crippen molar-refractivity contribution in [3.63, 3.8) is 0 Å². The fourth-order valence-corrected chi connectivity index (χ4v) is 5.21. The van der Waals surface area contributed by atoms with E-state index in [2.05, 4.69) is 15.5 Å². The van der Waals surface area contributed by atoms with E-state index < -0.39 is 0 Å². The molecule has 1 unspecified atom stereocenters. The molecule has 2 aliphatic heterocycles. The molecule has 2 aromatic carbocycles. The molecule has 1 aromatic heterocycles. The predicted molar refractivity (Wildman–Crippen MR) is 132 cm³/mol. The summed E-state index contributed by atoms with van der Waals surface area (Å²) in [5.74, 6) is -0.346. The van der Waals surface area contributed by atoms with Crippen LogP contribution in [0.15, 0.2) is 48.5 Å². The molecule has 1 fully saturated rings. The number of imide groups is 1. The first kappa shape index (κ1) is 23.6. The Bertz CT molecular complexity index is 1300. The molecule has 1 saturated heterocycles. The van der Waals surface area contributed by atoms with Crippen molar-refractivity contribution in [3.05, 3.63) is 64.7 Å². The van der Waals surface area contributed by atoms with E-state index in [4.69, 9.17) is 4.74 Å². The van der Waals surface area contributed by atoms with Gasteiger partial charge in [0, 0.05) is 37.5 Å². The lowest BCUT2D eigenvalue weighted by Gasteiger charge is -2.16. The number of nitrogens with one attached hydrogen (secondary N) is 1. The highest BCUT2D eigenvalue weighted by Gasteiger charge is 2.35. The van der Waals surface area contributed by atoms with E-state index in [1.54, 1.807) is 36.3 Å². The fraction of sp³-hybridized carbons (Fsp3) is 0.280. The molecule has 184 valence electrons. The molecular weight excluding hydrogens is 482 g/mol. The van der Waals surface area contributed by atoms with Gasteiger partial charge in [-0.2, -0.15) is 0 Å². The van der Waals surface area contributed by atoms with Gasteiger partial charge in [0.1, 0.15) is 10.8 Å². The van der Waals surface area contributed by atoms with E-state index in [1.807, 2.05) is 24.3 Å². The number of fused-ring (bicyclic) bond motifs is 1. The number of benzene rings is 2. The van der Waals surface area contributed by atoms with Gasteiger partial charge in [0.15, 0.2) is 0 Å². The lowest BCUT2D eigenvalue weighted by atomic mass is 10.1. The maximum atomic E-state index is 12.6. The highest BCUT2D eigenvalue weighted by atomic mass is 32.1. The van der Waals surface area contributed by atoms with Gasteiger partial charge in [-0.3, -0.25) is 24.1 Å². The number of carbonyl (C=O) groups is 4. The zero-order chi connectivity index (χ0) is 25.2. The molecule has 0 spiro atoms. The normalized spacial score (nSPS) is 17.0. The van der Waals surface area contributed by atoms with E-state index in [1.165, 1.54) is 16.2 Å². The molecule has 0 bridgehead atoms. The number of carbonyl (C=O) groups excluding carboxylic acids is 4. The molecule has 0 radical (unpaired) electrons. The van der Waals surface area contributed by atoms with Crippen LogP contribution in [0.25, 0.3) is 0 Å². The number of ether oxygens (including phenoxy) is 1. The number of hydrogen-bond donors (Lipinski definition) is 1. The van der Waals surface area contributed by atoms with Crippen molar-refractivity contribution in [2.75, 3.05) is 30.4 Å². The average molecular weight is 506 g/mol. The van der Waals surface area contributed by atoms with Gasteiger partial charge in [-0.05, 0) is 42.8 Å². The SMILES string of the molecule is COc1ccc(N2CC(c3nnc(NC(=O)CCCN4C(=O)c5ccccc5C4=O)s3)CC2=O)cc1. The van der Waals surface area contributed by atoms with E-state index in [0.717, 1.165) is 11.4 Å². The van der Waals surface area contributed by atoms with E-state index >= 15 is 0 Å². The molecule has 5 rings (SSSR count). The van der Waals surface area contributed by atoms with Crippen molar-refractivity contribution in [2.24, 2.45) is 0 Å². The van der Waals surface area contributed by atoms with E-state index in [0.29, 0.717) is 40.7 Å². The van der Waals surface area contributed by atoms with Gasteiger partial charge in [-0.1, -0.05) is 23.5 Å². The van der Waals surface area contributed by atoms with Gasteiger partial charge in [0.05, 0.1) is 18.2 Å². The smallest absolute Gasteiger partial charge is 0.261 e. The van der Waals surface area contributed by atoms with E-state index in [-0.39, 0.29) is 42.5 Å². The Morgan fingerprint density at radius 1 is 1.06 bits per heavy atom. The summed E-state index contributed by atoms with van der Waals surface area (Å²) in [4.78, 5) is 52.7. The largest absolute Gasteiger partial charge is 0.497 e. The summed E-state index contributed by atoms with van der Waals surface area (Å²) in [5, 5.41) is 12.0. The van der Waals surface area contributed by atoms with Gasteiger partial charge >= 0.3 is 0 Å². The zero-order valence-electron chi connectivity index (χ0n) is 19.5. The van der Waals surface area contributed by atoms with Crippen LogP contribution in [0.4, 0.5) is 10.8 Å². The molecule has 2 aliphatic rings. The van der Waals surface area contributed by atoms with Crippen molar-refractivity contribution in [3.8, 4) is 5.75 Å². The van der Waals surface area contributed by atoms with Crippen molar-refractivity contribution in [1.29, 1.82) is 0 Å². The first-order chi connectivity index (χ1) is 17.4. The number of aromatic nitrogens is 2. The molecule has 0 saturated carbocycles. The third-order valence-corrected chi connectivity index (χ3v) is 7.21. The quantitative estimate of drug-likeness (QED) is 0.467. The van der Waals surface area contributed by atoms with Crippen molar-refractivity contribution < 1.29 is 23.9 Å². The molecule has 1 atom stereocenters. The minimum Gasteiger partial charge on any atom is -0.497 e. The van der Waals surface area contributed by atoms with Crippen LogP contribution in [-0.2, 0) is 9.59 Å². The maximum absolute atomic E-state index is 12.6. The number of hydrogen-bond acceptors (Lipinski definition) is 8. The number of nitrogens with zero attached hydrogens (tertiary/aromatic N) is 4. The van der Waals surface area contributed by atoms with E-state index in [9.17, 15) is 19.2 Å². The third-order valence-electron chi connectivity index (χ3n) is 6.21. The fourth-order valence-electron chi connectivity index (χ4n) is 4.36. The van der Waals surface area contributed by atoms with Crippen LogP contribution in [-0.4, -0.2) is 58.9 Å². The monoisotopic (exact) mass is 505 g/mol. The Balaban J connectivity index is 1.12. The molecule has 1 N–H and O–H groups in total. The second-order valence-electron chi connectivity index (χ2n) is 8.51. The second kappa shape index (κ2) is 9.86. The minimum absolute atomic E-state index is 0.000824. The van der Waals surface area contributed by atoms with Gasteiger partial charge in [0.2, 0.25) is 16.9 Å². The highest BCUT2D eigenvalue weighted by Crippen LogP contribution is 2.34. The number of rotatable bonds is 8. The predicted octanol–water partition coefficient (Wildman–Crippen LogP) is 3.08. The number of anilines is 2. The van der Waals surface area contributed by atoms with Gasteiger partial charge < -0.3 is 15.0 Å². The Hall–Kier alpha value is -4.12. The Morgan fingerprint density at radius 2 is 1.75 bits per heavy atom. The molecule has 10 nitrogen and oxygen atoms in total. The van der Waals surface area contributed by atoms with Gasteiger partial charge in [0.25, 0.3) is 11.8 Å². The maximum Gasteiger partial charge on any atom is 0.261 e. The minimum atomic E-state index is -0.334. The van der Waals surface area contributed by atoms with Crippen molar-refractivity contribution >= 4 is 45.8 Å². The summed E-state index contributed by atoms with van der Waals surface area (Å²) in [6.45, 7) is 0.639. The summed E-state index contributed by atoms with van der Waals surface area (Å²) >= 11 is 1.24. The number of methoxy groups -OCH3 is 1. The Kier molecular flexibility index (Phi) is 6.47. The average Bonchev–Trinajstić information content (AvgIpc) is 3.57. The highest BCUT2D eigenvalue weighted by molar-refractivity contribution is 7.15. The molecule has 3 aromatic rings. The van der Waals surface area contributed by atoms with Crippen LogP contribution in [0.3, 0.4) is 0 Å². The Morgan fingerprint density at radius 3 is 2.42 bits per heavy atom. The van der Waals surface area contributed by atoms with Crippen LogP contribution < -0.4 is 15.0 Å². The van der Waals surface area contributed by atoms with Crippen LogP contribution in [0.5, 0.6) is 5.75 Å². The van der Waals surface area contributed by atoms with Crippen LogP contribution in [0.2, 0.25) is 0 Å². The zero-order valence-corrected chi connectivity index (χ0v) is 20.3. The topological polar surface area (TPSA) is 122 Å². The Labute approximate surface area is 210 Å². The summed E-state index contributed by atoms with van der Waals surface area (Å²) in [6.07, 6.45) is 0.765. The first-order valence-corrected chi connectivity index (χ1v) is 12.3. The summed E-state index contributed by atoms with van der Waals surface area (Å²) in [7, 11) is 1.59. The van der Waals surface area contributed by atoms with Crippen LogP contribution >= 0.6 is 11.3 Å². The molecule has 4 amide bonds. The van der Waals surface area contributed by atoms with Crippen molar-refractivity contribution in [2.45, 2.75) is 25.2 Å². The van der Waals surface area contributed by atoms with Crippen LogP contribution in [0.1, 0.15) is 50.9 Å². The van der Waals surface area contributed by atoms with Crippen LogP contribution in [0, 0.1) is 0 Å². The standard InChI is InChI=1S/C25H23N5O5S/c1-35-17-10-8-16(9-11-17)30-14-15(13-21(30)32)22-27-28-25(36-22)26-20(31)7-4-12-29-23(33)18-5-2-3-6-19(18)24(29)34/h2-3,5-6,8-11,15H,4,7,12-14H2,1H3,(H,26,28,31). The molecule has 0 aliphatic carbocycles. The van der Waals surface area contributed by atoms with Gasteiger partial charge in [-0.15, -0.1) is 10.2 Å². The van der Waals surface area contributed by atoms with Crippen molar-refractivity contribution in [1.82, 2.24) is 15.1 Å². The molecule has 11 heteroatoms.